The number of ether oxygens (including phenoxy) is 1. The average molecular weight is 499 g/mol. The van der Waals surface area contributed by atoms with Gasteiger partial charge in [0.15, 0.2) is 5.13 Å². The molecule has 178 valence electrons. The van der Waals surface area contributed by atoms with Crippen LogP contribution in [0, 0.1) is 0 Å². The van der Waals surface area contributed by atoms with E-state index >= 15 is 0 Å². The predicted octanol–water partition coefficient (Wildman–Crippen LogP) is 5.77. The third-order valence-electron chi connectivity index (χ3n) is 5.30. The first-order valence-corrected chi connectivity index (χ1v) is 12.3. The van der Waals surface area contributed by atoms with Crippen LogP contribution < -0.4 is 10.2 Å². The van der Waals surface area contributed by atoms with Crippen molar-refractivity contribution in [1.29, 1.82) is 0 Å². The van der Waals surface area contributed by atoms with Crippen molar-refractivity contribution in [2.24, 2.45) is 0 Å². The molecule has 9 heteroatoms. The highest BCUT2D eigenvalue weighted by Gasteiger charge is 2.26. The zero-order chi connectivity index (χ0) is 24.3. The first kappa shape index (κ1) is 24.0. The maximum atomic E-state index is 12.7. The minimum Gasteiger partial charge on any atom is -0.444 e. The van der Waals surface area contributed by atoms with E-state index in [4.69, 9.17) is 16.3 Å². The number of halogens is 1. The van der Waals surface area contributed by atoms with Gasteiger partial charge in [0.25, 0.3) is 5.91 Å². The van der Waals surface area contributed by atoms with Gasteiger partial charge in [-0.3, -0.25) is 10.1 Å². The Kier molecular flexibility index (Phi) is 7.09. The van der Waals surface area contributed by atoms with Gasteiger partial charge in [0.1, 0.15) is 5.60 Å². The van der Waals surface area contributed by atoms with Gasteiger partial charge in [0.2, 0.25) is 0 Å². The molecule has 0 saturated carbocycles. The van der Waals surface area contributed by atoms with E-state index in [0.29, 0.717) is 41.9 Å². The van der Waals surface area contributed by atoms with E-state index in [-0.39, 0.29) is 12.0 Å². The van der Waals surface area contributed by atoms with E-state index in [1.165, 1.54) is 11.3 Å². The van der Waals surface area contributed by atoms with Crippen molar-refractivity contribution in [2.45, 2.75) is 26.4 Å². The number of benzene rings is 2. The van der Waals surface area contributed by atoms with Crippen molar-refractivity contribution < 1.29 is 14.3 Å². The van der Waals surface area contributed by atoms with Crippen LogP contribution >= 0.6 is 22.9 Å². The van der Waals surface area contributed by atoms with Crippen LogP contribution in [-0.4, -0.2) is 53.7 Å². The second-order valence-corrected chi connectivity index (χ2v) is 10.2. The maximum Gasteiger partial charge on any atom is 0.410 e. The number of amides is 2. The Labute approximate surface area is 208 Å². The van der Waals surface area contributed by atoms with Crippen LogP contribution in [0.4, 0.5) is 15.6 Å². The van der Waals surface area contributed by atoms with Gasteiger partial charge in [-0.1, -0.05) is 29.8 Å². The van der Waals surface area contributed by atoms with E-state index < -0.39 is 5.60 Å². The second kappa shape index (κ2) is 10.0. The van der Waals surface area contributed by atoms with E-state index in [2.05, 4.69) is 15.2 Å². The van der Waals surface area contributed by atoms with Crippen LogP contribution in [0.15, 0.2) is 53.9 Å². The normalized spacial score (nSPS) is 14.1. The minimum absolute atomic E-state index is 0.221. The summed E-state index contributed by atoms with van der Waals surface area (Å²) < 4.78 is 5.45. The Balaban J connectivity index is 1.33. The molecule has 0 bridgehead atoms. The smallest absolute Gasteiger partial charge is 0.410 e. The average Bonchev–Trinajstić information content (AvgIpc) is 3.26. The van der Waals surface area contributed by atoms with Gasteiger partial charge in [-0.05, 0) is 51.1 Å². The molecule has 0 radical (unpaired) electrons. The number of rotatable bonds is 4. The molecular formula is C25H27ClN4O3S. The van der Waals surface area contributed by atoms with Crippen LogP contribution in [0.1, 0.15) is 31.1 Å². The summed E-state index contributed by atoms with van der Waals surface area (Å²) in [4.78, 5) is 33.4. The van der Waals surface area contributed by atoms with Crippen molar-refractivity contribution in [2.75, 3.05) is 36.4 Å². The molecule has 1 aliphatic rings. The van der Waals surface area contributed by atoms with Crippen molar-refractivity contribution in [1.82, 2.24) is 9.88 Å². The molecule has 3 aromatic rings. The summed E-state index contributed by atoms with van der Waals surface area (Å²) in [6.07, 6.45) is -0.279. The number of hydrogen-bond donors (Lipinski definition) is 1. The second-order valence-electron chi connectivity index (χ2n) is 8.97. The molecule has 2 amide bonds. The molecule has 2 aromatic carbocycles. The third-order valence-corrected chi connectivity index (χ3v) is 6.39. The minimum atomic E-state index is -0.501. The number of anilines is 2. The summed E-state index contributed by atoms with van der Waals surface area (Å²) in [5.74, 6) is -0.221. The molecule has 1 fully saturated rings. The Hall–Kier alpha value is -3.10. The summed E-state index contributed by atoms with van der Waals surface area (Å²) in [7, 11) is 0. The molecule has 1 aromatic heterocycles. The van der Waals surface area contributed by atoms with Gasteiger partial charge in [-0.25, -0.2) is 9.78 Å². The van der Waals surface area contributed by atoms with Crippen molar-refractivity contribution >= 4 is 45.8 Å². The Morgan fingerprint density at radius 3 is 2.35 bits per heavy atom. The Morgan fingerprint density at radius 2 is 1.71 bits per heavy atom. The number of piperazine rings is 1. The van der Waals surface area contributed by atoms with Crippen LogP contribution in [0.25, 0.3) is 11.3 Å². The molecule has 1 N–H and O–H groups in total. The lowest BCUT2D eigenvalue weighted by molar-refractivity contribution is 0.0240. The van der Waals surface area contributed by atoms with Gasteiger partial charge >= 0.3 is 6.09 Å². The topological polar surface area (TPSA) is 74.8 Å². The zero-order valence-corrected chi connectivity index (χ0v) is 20.9. The molecule has 4 rings (SSSR count). The standard InChI is InChI=1S/C25H27ClN4O3S/c1-25(2,3)33-24(32)30-14-12-29(13-15-30)18-10-8-17(9-11-18)22(31)28-23-27-21(16-34-23)19-6-4-5-7-20(19)26/h4-11,16H,12-15H2,1-3H3,(H,27,28,31). The lowest BCUT2D eigenvalue weighted by Gasteiger charge is -2.36. The van der Waals surface area contributed by atoms with Crippen LogP contribution in [0.5, 0.6) is 0 Å². The van der Waals surface area contributed by atoms with Crippen LogP contribution in [0.3, 0.4) is 0 Å². The predicted molar refractivity (Wildman–Crippen MR) is 137 cm³/mol. The molecule has 0 aliphatic carbocycles. The first-order chi connectivity index (χ1) is 16.2. The van der Waals surface area contributed by atoms with E-state index in [1.807, 2.05) is 62.5 Å². The lowest BCUT2D eigenvalue weighted by Crippen LogP contribution is -2.50. The molecule has 0 spiro atoms. The number of hydrogen-bond acceptors (Lipinski definition) is 6. The molecular weight excluding hydrogens is 472 g/mol. The summed E-state index contributed by atoms with van der Waals surface area (Å²) in [6, 6.07) is 14.9. The van der Waals surface area contributed by atoms with Gasteiger partial charge in [0.05, 0.1) is 5.69 Å². The number of aromatic nitrogens is 1. The molecule has 7 nitrogen and oxygen atoms in total. The van der Waals surface area contributed by atoms with E-state index in [9.17, 15) is 9.59 Å². The summed E-state index contributed by atoms with van der Waals surface area (Å²) in [6.45, 7) is 8.19. The number of nitrogens with one attached hydrogen (secondary N) is 1. The number of nitrogens with zero attached hydrogens (tertiary/aromatic N) is 3. The highest BCUT2D eigenvalue weighted by molar-refractivity contribution is 7.14. The van der Waals surface area contributed by atoms with Gasteiger partial charge < -0.3 is 14.5 Å². The fourth-order valence-corrected chi connectivity index (χ4v) is 4.53. The molecule has 0 atom stereocenters. The number of thiazole rings is 1. The highest BCUT2D eigenvalue weighted by atomic mass is 35.5. The summed E-state index contributed by atoms with van der Waals surface area (Å²) in [5, 5.41) is 5.86. The lowest BCUT2D eigenvalue weighted by atomic mass is 10.1. The van der Waals surface area contributed by atoms with Crippen LogP contribution in [-0.2, 0) is 4.74 Å². The Bertz CT molecular complexity index is 1170. The van der Waals surface area contributed by atoms with Crippen molar-refractivity contribution in [3.05, 3.63) is 64.5 Å². The van der Waals surface area contributed by atoms with Crippen molar-refractivity contribution in [3.8, 4) is 11.3 Å². The first-order valence-electron chi connectivity index (χ1n) is 11.0. The number of carbonyl (C=O) groups is 2. The van der Waals surface area contributed by atoms with Crippen LogP contribution in [0.2, 0.25) is 5.02 Å². The summed E-state index contributed by atoms with van der Waals surface area (Å²) >= 11 is 7.60. The molecule has 0 unspecified atom stereocenters. The fraction of sp³-hybridized carbons (Fsp3) is 0.320. The van der Waals surface area contributed by atoms with Gasteiger partial charge in [-0.15, -0.1) is 11.3 Å². The number of carbonyl (C=O) groups excluding carboxylic acids is 2. The molecule has 1 saturated heterocycles. The fourth-order valence-electron chi connectivity index (χ4n) is 3.59. The molecule has 34 heavy (non-hydrogen) atoms. The SMILES string of the molecule is CC(C)(C)OC(=O)N1CCN(c2ccc(C(=O)Nc3nc(-c4ccccc4Cl)cs3)cc2)CC1. The highest BCUT2D eigenvalue weighted by Crippen LogP contribution is 2.30. The monoisotopic (exact) mass is 498 g/mol. The maximum absolute atomic E-state index is 12.7. The third kappa shape index (κ3) is 5.87. The van der Waals surface area contributed by atoms with E-state index in [1.54, 1.807) is 17.0 Å². The largest absolute Gasteiger partial charge is 0.444 e. The zero-order valence-electron chi connectivity index (χ0n) is 19.4. The van der Waals surface area contributed by atoms with Gasteiger partial charge in [-0.2, -0.15) is 0 Å². The Morgan fingerprint density at radius 1 is 1.03 bits per heavy atom. The van der Waals surface area contributed by atoms with Crippen molar-refractivity contribution in [3.63, 3.8) is 0 Å². The molecule has 1 aliphatic heterocycles. The van der Waals surface area contributed by atoms with E-state index in [0.717, 1.165) is 16.9 Å². The molecule has 2 heterocycles. The van der Waals surface area contributed by atoms with Gasteiger partial charge in [0, 0.05) is 53.4 Å². The summed E-state index contributed by atoms with van der Waals surface area (Å²) in [5.41, 5.74) is 2.62. The quantitative estimate of drug-likeness (QED) is 0.494.